The van der Waals surface area contributed by atoms with Crippen LogP contribution in [-0.4, -0.2) is 20.6 Å². The SMILES string of the molecule is Cc1cc(Cn2ccc3cccc(C=O)c32)n(C)n1. The number of aldehydes is 1. The van der Waals surface area contributed by atoms with E-state index < -0.39 is 0 Å². The van der Waals surface area contributed by atoms with E-state index >= 15 is 0 Å². The number of rotatable bonds is 3. The van der Waals surface area contributed by atoms with Gasteiger partial charge in [0.1, 0.15) is 0 Å². The zero-order valence-corrected chi connectivity index (χ0v) is 11.0. The third-order valence-corrected chi connectivity index (χ3v) is 3.38. The number of fused-ring (bicyclic) bond motifs is 1. The fourth-order valence-corrected chi connectivity index (χ4v) is 2.50. The molecule has 0 fully saturated rings. The number of hydrogen-bond donors (Lipinski definition) is 0. The number of hydrogen-bond acceptors (Lipinski definition) is 2. The number of benzene rings is 1. The molecule has 0 spiro atoms. The third kappa shape index (κ3) is 1.95. The number of carbonyl (C=O) groups is 1. The average molecular weight is 253 g/mol. The molecule has 0 saturated heterocycles. The molecule has 0 radical (unpaired) electrons. The molecule has 0 saturated carbocycles. The van der Waals surface area contributed by atoms with Crippen molar-refractivity contribution in [1.29, 1.82) is 0 Å². The van der Waals surface area contributed by atoms with Crippen LogP contribution in [0.3, 0.4) is 0 Å². The van der Waals surface area contributed by atoms with E-state index in [4.69, 9.17) is 0 Å². The Morgan fingerprint density at radius 3 is 2.84 bits per heavy atom. The van der Waals surface area contributed by atoms with Gasteiger partial charge in [-0.2, -0.15) is 5.10 Å². The van der Waals surface area contributed by atoms with Gasteiger partial charge in [-0.25, -0.2) is 0 Å². The summed E-state index contributed by atoms with van der Waals surface area (Å²) in [6, 6.07) is 9.87. The molecule has 0 aliphatic rings. The lowest BCUT2D eigenvalue weighted by Crippen LogP contribution is -2.05. The Hall–Kier alpha value is -2.36. The molecule has 3 rings (SSSR count). The maximum Gasteiger partial charge on any atom is 0.152 e. The van der Waals surface area contributed by atoms with Crippen LogP contribution in [0.25, 0.3) is 10.9 Å². The van der Waals surface area contributed by atoms with Gasteiger partial charge in [0.25, 0.3) is 0 Å². The topological polar surface area (TPSA) is 39.8 Å². The first kappa shape index (κ1) is 11.7. The van der Waals surface area contributed by atoms with Gasteiger partial charge >= 0.3 is 0 Å². The first-order chi connectivity index (χ1) is 9.19. The Morgan fingerprint density at radius 1 is 1.32 bits per heavy atom. The number of nitrogens with zero attached hydrogens (tertiary/aromatic N) is 3. The largest absolute Gasteiger partial charge is 0.341 e. The summed E-state index contributed by atoms with van der Waals surface area (Å²) in [4.78, 5) is 11.2. The van der Waals surface area contributed by atoms with Gasteiger partial charge in [0, 0.05) is 24.2 Å². The smallest absolute Gasteiger partial charge is 0.152 e. The van der Waals surface area contributed by atoms with Crippen LogP contribution in [0.1, 0.15) is 21.7 Å². The van der Waals surface area contributed by atoms with Crippen molar-refractivity contribution < 1.29 is 4.79 Å². The minimum atomic E-state index is 0.714. The highest BCUT2D eigenvalue weighted by Gasteiger charge is 2.08. The highest BCUT2D eigenvalue weighted by Crippen LogP contribution is 2.20. The van der Waals surface area contributed by atoms with E-state index in [0.29, 0.717) is 6.54 Å². The summed E-state index contributed by atoms with van der Waals surface area (Å²) >= 11 is 0. The van der Waals surface area contributed by atoms with Gasteiger partial charge in [-0.05, 0) is 25.1 Å². The molecule has 0 unspecified atom stereocenters. The highest BCUT2D eigenvalue weighted by molar-refractivity contribution is 5.96. The fourth-order valence-electron chi connectivity index (χ4n) is 2.50. The normalized spacial score (nSPS) is 11.1. The van der Waals surface area contributed by atoms with Crippen molar-refractivity contribution in [2.24, 2.45) is 7.05 Å². The molecule has 2 heterocycles. The van der Waals surface area contributed by atoms with Crippen LogP contribution in [0, 0.1) is 6.92 Å². The van der Waals surface area contributed by atoms with E-state index in [1.165, 1.54) is 0 Å². The first-order valence-corrected chi connectivity index (χ1v) is 6.21. The standard InChI is InChI=1S/C15H15N3O/c1-11-8-14(17(2)16-11)9-18-7-6-12-4-3-5-13(10-19)15(12)18/h3-8,10H,9H2,1-2H3. The van der Waals surface area contributed by atoms with Crippen LogP contribution < -0.4 is 0 Å². The van der Waals surface area contributed by atoms with Crippen LogP contribution in [0.15, 0.2) is 36.5 Å². The Bertz CT molecular complexity index is 752. The highest BCUT2D eigenvalue weighted by atomic mass is 16.1. The molecule has 3 aromatic rings. The van der Waals surface area contributed by atoms with Gasteiger partial charge in [-0.3, -0.25) is 9.48 Å². The molecule has 0 bridgehead atoms. The lowest BCUT2D eigenvalue weighted by molar-refractivity contribution is 0.112. The van der Waals surface area contributed by atoms with E-state index in [1.807, 2.05) is 49.1 Å². The molecule has 4 heteroatoms. The first-order valence-electron chi connectivity index (χ1n) is 6.21. The Morgan fingerprint density at radius 2 is 2.16 bits per heavy atom. The zero-order chi connectivity index (χ0) is 13.4. The summed E-state index contributed by atoms with van der Waals surface area (Å²) in [5.74, 6) is 0. The van der Waals surface area contributed by atoms with Crippen molar-refractivity contribution in [1.82, 2.24) is 14.3 Å². The summed E-state index contributed by atoms with van der Waals surface area (Å²) in [6.45, 7) is 2.69. The predicted molar refractivity (Wildman–Crippen MR) is 74.4 cm³/mol. The van der Waals surface area contributed by atoms with Crippen molar-refractivity contribution in [2.45, 2.75) is 13.5 Å². The fraction of sp³-hybridized carbons (Fsp3) is 0.200. The average Bonchev–Trinajstić information content (AvgIpc) is 2.94. The number of aromatic nitrogens is 3. The second kappa shape index (κ2) is 4.39. The van der Waals surface area contributed by atoms with Crippen molar-refractivity contribution in [3.05, 3.63) is 53.5 Å². The number of para-hydroxylation sites is 1. The van der Waals surface area contributed by atoms with Crippen molar-refractivity contribution in [2.75, 3.05) is 0 Å². The molecule has 0 aliphatic carbocycles. The Kier molecular flexibility index (Phi) is 2.71. The van der Waals surface area contributed by atoms with E-state index in [-0.39, 0.29) is 0 Å². The molecule has 1 aromatic carbocycles. The Balaban J connectivity index is 2.11. The van der Waals surface area contributed by atoms with Crippen molar-refractivity contribution >= 4 is 17.2 Å². The summed E-state index contributed by atoms with van der Waals surface area (Å²) in [5, 5.41) is 5.43. The minimum Gasteiger partial charge on any atom is -0.341 e. The molecule has 0 aliphatic heterocycles. The molecule has 0 N–H and O–H groups in total. The van der Waals surface area contributed by atoms with E-state index in [0.717, 1.165) is 34.1 Å². The summed E-state index contributed by atoms with van der Waals surface area (Å²) in [6.07, 6.45) is 2.92. The second-order valence-corrected chi connectivity index (χ2v) is 4.75. The van der Waals surface area contributed by atoms with Gasteiger partial charge in [0.15, 0.2) is 6.29 Å². The van der Waals surface area contributed by atoms with Crippen LogP contribution in [-0.2, 0) is 13.6 Å². The molecular weight excluding hydrogens is 238 g/mol. The molecule has 0 atom stereocenters. The van der Waals surface area contributed by atoms with Crippen LogP contribution in [0.5, 0.6) is 0 Å². The minimum absolute atomic E-state index is 0.714. The maximum absolute atomic E-state index is 11.2. The van der Waals surface area contributed by atoms with Gasteiger partial charge in [0.2, 0.25) is 0 Å². The van der Waals surface area contributed by atoms with Crippen molar-refractivity contribution in [3.63, 3.8) is 0 Å². The summed E-state index contributed by atoms with van der Waals surface area (Å²) in [7, 11) is 1.94. The van der Waals surface area contributed by atoms with E-state index in [1.54, 1.807) is 0 Å². The van der Waals surface area contributed by atoms with Crippen molar-refractivity contribution in [3.8, 4) is 0 Å². The van der Waals surface area contributed by atoms with Gasteiger partial charge in [0.05, 0.1) is 23.4 Å². The van der Waals surface area contributed by atoms with Crippen LogP contribution in [0.2, 0.25) is 0 Å². The number of carbonyl (C=O) groups excluding carboxylic acids is 1. The predicted octanol–water partition coefficient (Wildman–Crippen LogP) is 2.54. The van der Waals surface area contributed by atoms with Crippen LogP contribution in [0.4, 0.5) is 0 Å². The third-order valence-electron chi connectivity index (χ3n) is 3.38. The van der Waals surface area contributed by atoms with E-state index in [9.17, 15) is 4.79 Å². The summed E-state index contributed by atoms with van der Waals surface area (Å²) < 4.78 is 3.97. The molecule has 96 valence electrons. The van der Waals surface area contributed by atoms with Gasteiger partial charge < -0.3 is 4.57 Å². The monoisotopic (exact) mass is 253 g/mol. The molecule has 0 amide bonds. The molecule has 4 nitrogen and oxygen atoms in total. The number of aryl methyl sites for hydroxylation is 2. The van der Waals surface area contributed by atoms with Gasteiger partial charge in [-0.15, -0.1) is 0 Å². The molecule has 2 aromatic heterocycles. The molecule has 19 heavy (non-hydrogen) atoms. The lowest BCUT2D eigenvalue weighted by atomic mass is 10.1. The maximum atomic E-state index is 11.2. The Labute approximate surface area is 111 Å². The summed E-state index contributed by atoms with van der Waals surface area (Å²) in [5.41, 5.74) is 3.83. The lowest BCUT2D eigenvalue weighted by Gasteiger charge is -2.07. The van der Waals surface area contributed by atoms with Gasteiger partial charge in [-0.1, -0.05) is 12.1 Å². The molecular formula is C15H15N3O. The quantitative estimate of drug-likeness (QED) is 0.673. The van der Waals surface area contributed by atoms with Crippen LogP contribution >= 0.6 is 0 Å². The zero-order valence-electron chi connectivity index (χ0n) is 11.0. The second-order valence-electron chi connectivity index (χ2n) is 4.75. The van der Waals surface area contributed by atoms with E-state index in [2.05, 4.69) is 15.7 Å².